The van der Waals surface area contributed by atoms with Crippen LogP contribution in [0, 0.1) is 0 Å². The van der Waals surface area contributed by atoms with Crippen LogP contribution in [0.2, 0.25) is 5.02 Å². The molecule has 130 valence electrons. The Kier molecular flexibility index (Phi) is 5.56. The third-order valence-electron chi connectivity index (χ3n) is 3.51. The molecule has 0 aliphatic carbocycles. The highest BCUT2D eigenvalue weighted by Crippen LogP contribution is 2.16. The van der Waals surface area contributed by atoms with Gasteiger partial charge >= 0.3 is 0 Å². The second-order valence-corrected chi connectivity index (χ2v) is 5.87. The minimum atomic E-state index is -0.369. The van der Waals surface area contributed by atoms with E-state index >= 15 is 0 Å². The Morgan fingerprint density at radius 3 is 2.65 bits per heavy atom. The van der Waals surface area contributed by atoms with Crippen molar-refractivity contribution < 1.29 is 9.59 Å². The molecule has 3 aromatic rings. The summed E-state index contributed by atoms with van der Waals surface area (Å²) in [6, 6.07) is 13.5. The van der Waals surface area contributed by atoms with Gasteiger partial charge in [0.25, 0.3) is 11.8 Å². The first-order valence-electron chi connectivity index (χ1n) is 7.82. The molecular formula is C19H15ClN4O2. The van der Waals surface area contributed by atoms with Crippen LogP contribution in [0.3, 0.4) is 0 Å². The van der Waals surface area contributed by atoms with E-state index in [1.807, 2.05) is 6.07 Å². The fourth-order valence-corrected chi connectivity index (χ4v) is 2.43. The van der Waals surface area contributed by atoms with Crippen molar-refractivity contribution in [3.8, 4) is 0 Å². The average molecular weight is 367 g/mol. The van der Waals surface area contributed by atoms with E-state index in [-0.39, 0.29) is 17.5 Å². The molecule has 2 aromatic heterocycles. The summed E-state index contributed by atoms with van der Waals surface area (Å²) in [5.74, 6) is -0.720. The van der Waals surface area contributed by atoms with Crippen molar-refractivity contribution in [2.45, 2.75) is 6.54 Å². The number of hydrogen-bond donors (Lipinski definition) is 2. The lowest BCUT2D eigenvalue weighted by Crippen LogP contribution is -2.24. The lowest BCUT2D eigenvalue weighted by molar-refractivity contribution is 0.0946. The SMILES string of the molecule is O=C(Nc1cccc(Cl)c1)c1ccnc(C(=O)NCc2cccnc2)c1. The Labute approximate surface area is 155 Å². The first kappa shape index (κ1) is 17.6. The highest BCUT2D eigenvalue weighted by atomic mass is 35.5. The van der Waals surface area contributed by atoms with Crippen molar-refractivity contribution in [2.24, 2.45) is 0 Å². The molecule has 0 aliphatic rings. The van der Waals surface area contributed by atoms with E-state index in [4.69, 9.17) is 11.6 Å². The van der Waals surface area contributed by atoms with Crippen molar-refractivity contribution in [1.29, 1.82) is 0 Å². The number of rotatable bonds is 5. The van der Waals surface area contributed by atoms with E-state index in [0.717, 1.165) is 5.56 Å². The number of nitrogens with one attached hydrogen (secondary N) is 2. The van der Waals surface area contributed by atoms with Gasteiger partial charge in [0.05, 0.1) is 0 Å². The number of carbonyl (C=O) groups is 2. The maximum absolute atomic E-state index is 12.4. The van der Waals surface area contributed by atoms with Gasteiger partial charge in [0, 0.05) is 41.4 Å². The zero-order chi connectivity index (χ0) is 18.4. The molecule has 0 fully saturated rings. The van der Waals surface area contributed by atoms with Gasteiger partial charge in [-0.2, -0.15) is 0 Å². The Morgan fingerprint density at radius 1 is 1.00 bits per heavy atom. The number of halogens is 1. The van der Waals surface area contributed by atoms with Gasteiger partial charge in [-0.1, -0.05) is 23.7 Å². The van der Waals surface area contributed by atoms with Crippen LogP contribution in [0.5, 0.6) is 0 Å². The number of carbonyl (C=O) groups excluding carboxylic acids is 2. The van der Waals surface area contributed by atoms with Crippen LogP contribution in [-0.2, 0) is 6.54 Å². The van der Waals surface area contributed by atoms with Crippen molar-refractivity contribution in [2.75, 3.05) is 5.32 Å². The number of pyridine rings is 2. The van der Waals surface area contributed by atoms with Gasteiger partial charge in [-0.05, 0) is 42.0 Å². The predicted octanol–water partition coefficient (Wildman–Crippen LogP) is 3.31. The number of amides is 2. The molecule has 0 radical (unpaired) electrons. The topological polar surface area (TPSA) is 84.0 Å². The molecule has 26 heavy (non-hydrogen) atoms. The number of aromatic nitrogens is 2. The maximum Gasteiger partial charge on any atom is 0.270 e. The third-order valence-corrected chi connectivity index (χ3v) is 3.75. The summed E-state index contributed by atoms with van der Waals surface area (Å²) in [6.07, 6.45) is 4.75. The highest BCUT2D eigenvalue weighted by Gasteiger charge is 2.12. The van der Waals surface area contributed by atoms with Crippen LogP contribution in [0.15, 0.2) is 67.1 Å². The van der Waals surface area contributed by atoms with Crippen LogP contribution >= 0.6 is 11.6 Å². The highest BCUT2D eigenvalue weighted by molar-refractivity contribution is 6.31. The summed E-state index contributed by atoms with van der Waals surface area (Å²) >= 11 is 5.91. The second-order valence-electron chi connectivity index (χ2n) is 5.44. The molecule has 3 rings (SSSR count). The van der Waals surface area contributed by atoms with Gasteiger partial charge in [0.15, 0.2) is 0 Å². The molecule has 0 saturated heterocycles. The van der Waals surface area contributed by atoms with Crippen LogP contribution < -0.4 is 10.6 Å². The van der Waals surface area contributed by atoms with E-state index < -0.39 is 0 Å². The minimum absolute atomic E-state index is 0.160. The van der Waals surface area contributed by atoms with E-state index in [1.165, 1.54) is 18.3 Å². The molecule has 2 amide bonds. The zero-order valence-corrected chi connectivity index (χ0v) is 14.4. The number of nitrogens with zero attached hydrogens (tertiary/aromatic N) is 2. The maximum atomic E-state index is 12.4. The number of benzene rings is 1. The summed E-state index contributed by atoms with van der Waals surface area (Å²) in [5.41, 5.74) is 1.93. The van der Waals surface area contributed by atoms with Gasteiger partial charge in [0.2, 0.25) is 0 Å². The van der Waals surface area contributed by atoms with Crippen LogP contribution in [0.1, 0.15) is 26.4 Å². The largest absolute Gasteiger partial charge is 0.347 e. The quantitative estimate of drug-likeness (QED) is 0.725. The summed E-state index contributed by atoms with van der Waals surface area (Å²) in [7, 11) is 0. The standard InChI is InChI=1S/C19H15ClN4O2/c20-15-4-1-5-16(10-15)24-18(25)14-6-8-22-17(9-14)19(26)23-12-13-3-2-7-21-11-13/h1-11H,12H2,(H,23,26)(H,24,25). The number of anilines is 1. The Hall–Kier alpha value is -3.25. The van der Waals surface area contributed by atoms with Crippen molar-refractivity contribution in [1.82, 2.24) is 15.3 Å². The van der Waals surface area contributed by atoms with Crippen LogP contribution in [-0.4, -0.2) is 21.8 Å². The summed E-state index contributed by atoms with van der Waals surface area (Å²) in [5, 5.41) is 6.00. The van der Waals surface area contributed by atoms with E-state index in [0.29, 0.717) is 22.8 Å². The van der Waals surface area contributed by atoms with Gasteiger partial charge in [0.1, 0.15) is 5.69 Å². The summed E-state index contributed by atoms with van der Waals surface area (Å²) < 4.78 is 0. The van der Waals surface area contributed by atoms with Gasteiger partial charge in [-0.3, -0.25) is 19.6 Å². The van der Waals surface area contributed by atoms with E-state index in [1.54, 1.807) is 42.7 Å². The molecule has 0 bridgehead atoms. The van der Waals surface area contributed by atoms with Gasteiger partial charge in [-0.25, -0.2) is 0 Å². The fourth-order valence-electron chi connectivity index (χ4n) is 2.24. The molecule has 2 N–H and O–H groups in total. The van der Waals surface area contributed by atoms with Gasteiger partial charge < -0.3 is 10.6 Å². The molecule has 6 nitrogen and oxygen atoms in total. The second kappa shape index (κ2) is 8.22. The molecular weight excluding hydrogens is 352 g/mol. The van der Waals surface area contributed by atoms with Gasteiger partial charge in [-0.15, -0.1) is 0 Å². The normalized spacial score (nSPS) is 10.2. The zero-order valence-electron chi connectivity index (χ0n) is 13.6. The Morgan fingerprint density at radius 2 is 1.88 bits per heavy atom. The Bertz CT molecular complexity index is 932. The average Bonchev–Trinajstić information content (AvgIpc) is 2.67. The first-order valence-corrected chi connectivity index (χ1v) is 8.20. The van der Waals surface area contributed by atoms with Crippen LogP contribution in [0.4, 0.5) is 5.69 Å². The summed E-state index contributed by atoms with van der Waals surface area (Å²) in [6.45, 7) is 0.327. The monoisotopic (exact) mass is 366 g/mol. The molecule has 0 atom stereocenters. The van der Waals surface area contributed by atoms with Crippen molar-refractivity contribution >= 4 is 29.1 Å². The number of hydrogen-bond acceptors (Lipinski definition) is 4. The third kappa shape index (κ3) is 4.64. The molecule has 0 spiro atoms. The predicted molar refractivity (Wildman–Crippen MR) is 99.0 cm³/mol. The molecule has 0 saturated carbocycles. The van der Waals surface area contributed by atoms with Crippen molar-refractivity contribution in [3.63, 3.8) is 0 Å². The molecule has 7 heteroatoms. The first-order chi connectivity index (χ1) is 12.6. The van der Waals surface area contributed by atoms with Crippen LogP contribution in [0.25, 0.3) is 0 Å². The van der Waals surface area contributed by atoms with Crippen molar-refractivity contribution in [3.05, 3.63) is 89.0 Å². The lowest BCUT2D eigenvalue weighted by Gasteiger charge is -2.08. The smallest absolute Gasteiger partial charge is 0.270 e. The Balaban J connectivity index is 1.67. The minimum Gasteiger partial charge on any atom is -0.347 e. The lowest BCUT2D eigenvalue weighted by atomic mass is 10.2. The van der Waals surface area contributed by atoms with E-state index in [2.05, 4.69) is 20.6 Å². The fraction of sp³-hybridized carbons (Fsp3) is 0.0526. The molecule has 0 aliphatic heterocycles. The molecule has 1 aromatic carbocycles. The van der Waals surface area contributed by atoms with E-state index in [9.17, 15) is 9.59 Å². The molecule has 0 unspecified atom stereocenters. The summed E-state index contributed by atoms with van der Waals surface area (Å²) in [4.78, 5) is 32.6. The molecule has 2 heterocycles.